The highest BCUT2D eigenvalue weighted by Crippen LogP contribution is 2.28. The zero-order valence-electron chi connectivity index (χ0n) is 11.6. The van der Waals surface area contributed by atoms with Crippen molar-refractivity contribution in [3.8, 4) is 11.5 Å². The largest absolute Gasteiger partial charge is 0.497 e. The molecule has 0 heterocycles. The van der Waals surface area contributed by atoms with Gasteiger partial charge in [-0.05, 0) is 42.3 Å². The van der Waals surface area contributed by atoms with Gasteiger partial charge in [-0.25, -0.2) is 0 Å². The summed E-state index contributed by atoms with van der Waals surface area (Å²) in [4.78, 5) is 0. The predicted octanol–water partition coefficient (Wildman–Crippen LogP) is 3.19. The van der Waals surface area contributed by atoms with E-state index < -0.39 is 0 Å². The van der Waals surface area contributed by atoms with Crippen LogP contribution < -0.4 is 15.2 Å². The topological polar surface area (TPSA) is 44.5 Å². The number of nitrogens with two attached hydrogens (primary N) is 1. The number of nitrogen functional groups attached to an aromatic ring is 1. The minimum absolute atomic E-state index is 0.775. The molecule has 0 atom stereocenters. The van der Waals surface area contributed by atoms with E-state index in [1.54, 1.807) is 14.2 Å². The molecule has 2 rings (SSSR count). The van der Waals surface area contributed by atoms with Crippen LogP contribution in [0.4, 0.5) is 5.69 Å². The van der Waals surface area contributed by atoms with Crippen molar-refractivity contribution in [2.24, 2.45) is 0 Å². The lowest BCUT2D eigenvalue weighted by Gasteiger charge is -2.13. The summed E-state index contributed by atoms with van der Waals surface area (Å²) in [6.45, 7) is 2.04. The van der Waals surface area contributed by atoms with E-state index in [1.165, 1.54) is 5.56 Å². The summed E-state index contributed by atoms with van der Waals surface area (Å²) in [5.41, 5.74) is 10.2. The van der Waals surface area contributed by atoms with Crippen molar-refractivity contribution in [1.29, 1.82) is 0 Å². The highest BCUT2D eigenvalue weighted by atomic mass is 16.5. The maximum absolute atomic E-state index is 5.94. The van der Waals surface area contributed by atoms with Crippen molar-refractivity contribution in [3.63, 3.8) is 0 Å². The van der Waals surface area contributed by atoms with E-state index in [0.29, 0.717) is 0 Å². The zero-order chi connectivity index (χ0) is 13.8. The third-order valence-corrected chi connectivity index (χ3v) is 3.36. The highest BCUT2D eigenvalue weighted by molar-refractivity contribution is 5.52. The molecule has 2 aromatic rings. The van der Waals surface area contributed by atoms with E-state index in [9.17, 15) is 0 Å². The summed E-state index contributed by atoms with van der Waals surface area (Å²) in [5.74, 6) is 1.69. The smallest absolute Gasteiger partial charge is 0.122 e. The number of rotatable bonds is 4. The first-order chi connectivity index (χ1) is 9.15. The Balaban J connectivity index is 2.39. The molecular weight excluding hydrogens is 238 g/mol. The fourth-order valence-electron chi connectivity index (χ4n) is 2.12. The second-order valence-electron chi connectivity index (χ2n) is 4.49. The van der Waals surface area contributed by atoms with Gasteiger partial charge in [0.2, 0.25) is 0 Å². The molecule has 0 spiro atoms. The molecule has 0 aliphatic rings. The van der Waals surface area contributed by atoms with Crippen LogP contribution in [0, 0.1) is 6.92 Å². The minimum atomic E-state index is 0.775. The normalized spacial score (nSPS) is 10.3. The van der Waals surface area contributed by atoms with Crippen molar-refractivity contribution in [1.82, 2.24) is 0 Å². The van der Waals surface area contributed by atoms with Crippen LogP contribution in [-0.4, -0.2) is 14.2 Å². The SMILES string of the molecule is COc1ccc(OC)c(Cc2cccc(N)c2C)c1. The zero-order valence-corrected chi connectivity index (χ0v) is 11.6. The van der Waals surface area contributed by atoms with Crippen LogP contribution in [0.1, 0.15) is 16.7 Å². The van der Waals surface area contributed by atoms with Gasteiger partial charge in [0, 0.05) is 17.7 Å². The number of methoxy groups -OCH3 is 2. The van der Waals surface area contributed by atoms with E-state index in [-0.39, 0.29) is 0 Å². The fraction of sp³-hybridized carbons (Fsp3) is 0.250. The lowest BCUT2D eigenvalue weighted by atomic mass is 9.98. The first-order valence-corrected chi connectivity index (χ1v) is 6.20. The van der Waals surface area contributed by atoms with Gasteiger partial charge in [0.15, 0.2) is 0 Å². The van der Waals surface area contributed by atoms with Crippen LogP contribution in [0.2, 0.25) is 0 Å². The summed E-state index contributed by atoms with van der Waals surface area (Å²) in [7, 11) is 3.34. The number of ether oxygens (including phenoxy) is 2. The Hall–Kier alpha value is -2.16. The monoisotopic (exact) mass is 257 g/mol. The minimum Gasteiger partial charge on any atom is -0.497 e. The van der Waals surface area contributed by atoms with Gasteiger partial charge < -0.3 is 15.2 Å². The first-order valence-electron chi connectivity index (χ1n) is 6.20. The van der Waals surface area contributed by atoms with E-state index in [2.05, 4.69) is 6.07 Å². The van der Waals surface area contributed by atoms with Gasteiger partial charge in [-0.15, -0.1) is 0 Å². The average molecular weight is 257 g/mol. The predicted molar refractivity (Wildman–Crippen MR) is 77.9 cm³/mol. The molecule has 0 radical (unpaired) electrons. The molecule has 0 saturated heterocycles. The third kappa shape index (κ3) is 2.81. The molecule has 100 valence electrons. The highest BCUT2D eigenvalue weighted by Gasteiger charge is 2.08. The van der Waals surface area contributed by atoms with Crippen LogP contribution in [0.3, 0.4) is 0 Å². The summed E-state index contributed by atoms with van der Waals surface area (Å²) in [6, 6.07) is 11.8. The molecule has 0 unspecified atom stereocenters. The van der Waals surface area contributed by atoms with E-state index >= 15 is 0 Å². The molecule has 0 aliphatic heterocycles. The molecule has 3 nitrogen and oxygen atoms in total. The van der Waals surface area contributed by atoms with Gasteiger partial charge in [-0.2, -0.15) is 0 Å². The van der Waals surface area contributed by atoms with Gasteiger partial charge in [-0.1, -0.05) is 12.1 Å². The molecular formula is C16H19NO2. The number of benzene rings is 2. The van der Waals surface area contributed by atoms with Gasteiger partial charge in [-0.3, -0.25) is 0 Å². The molecule has 0 bridgehead atoms. The van der Waals surface area contributed by atoms with Crippen molar-refractivity contribution in [2.45, 2.75) is 13.3 Å². The Morgan fingerprint density at radius 1 is 1.00 bits per heavy atom. The van der Waals surface area contributed by atoms with Crippen molar-refractivity contribution in [3.05, 3.63) is 53.1 Å². The molecule has 0 aliphatic carbocycles. The molecule has 2 N–H and O–H groups in total. The molecule has 0 saturated carbocycles. The van der Waals surface area contributed by atoms with Crippen molar-refractivity contribution < 1.29 is 9.47 Å². The molecule has 0 amide bonds. The van der Waals surface area contributed by atoms with Crippen LogP contribution >= 0.6 is 0 Å². The second kappa shape index (κ2) is 5.65. The van der Waals surface area contributed by atoms with Crippen LogP contribution in [0.25, 0.3) is 0 Å². The molecule has 3 heteroatoms. The summed E-state index contributed by atoms with van der Waals surface area (Å²) >= 11 is 0. The Morgan fingerprint density at radius 3 is 2.47 bits per heavy atom. The Bertz CT molecular complexity index is 579. The van der Waals surface area contributed by atoms with Gasteiger partial charge in [0.05, 0.1) is 14.2 Å². The average Bonchev–Trinajstić information content (AvgIpc) is 2.43. The Morgan fingerprint density at radius 2 is 1.79 bits per heavy atom. The maximum atomic E-state index is 5.94. The molecule has 0 aromatic heterocycles. The van der Waals surface area contributed by atoms with Crippen LogP contribution in [0.5, 0.6) is 11.5 Å². The fourth-order valence-corrected chi connectivity index (χ4v) is 2.12. The van der Waals surface area contributed by atoms with Crippen molar-refractivity contribution >= 4 is 5.69 Å². The van der Waals surface area contributed by atoms with E-state index in [4.69, 9.17) is 15.2 Å². The second-order valence-corrected chi connectivity index (χ2v) is 4.49. The van der Waals surface area contributed by atoms with E-state index in [0.717, 1.165) is 34.7 Å². The Kier molecular flexibility index (Phi) is 3.95. The quantitative estimate of drug-likeness (QED) is 0.855. The third-order valence-electron chi connectivity index (χ3n) is 3.36. The standard InChI is InChI=1S/C16H19NO2/c1-11-12(5-4-6-15(11)17)9-13-10-14(18-2)7-8-16(13)19-3/h4-8,10H,9,17H2,1-3H3. The number of hydrogen-bond donors (Lipinski definition) is 1. The van der Waals surface area contributed by atoms with Gasteiger partial charge >= 0.3 is 0 Å². The van der Waals surface area contributed by atoms with Gasteiger partial charge in [0.1, 0.15) is 11.5 Å². The first kappa shape index (κ1) is 13.3. The lowest BCUT2D eigenvalue weighted by Crippen LogP contribution is -1.99. The summed E-state index contributed by atoms with van der Waals surface area (Å²) in [5, 5.41) is 0. The summed E-state index contributed by atoms with van der Waals surface area (Å²) < 4.78 is 10.7. The van der Waals surface area contributed by atoms with Crippen LogP contribution in [0.15, 0.2) is 36.4 Å². The maximum Gasteiger partial charge on any atom is 0.122 e. The lowest BCUT2D eigenvalue weighted by molar-refractivity contribution is 0.399. The molecule has 2 aromatic carbocycles. The number of hydrogen-bond acceptors (Lipinski definition) is 3. The number of anilines is 1. The van der Waals surface area contributed by atoms with Crippen molar-refractivity contribution in [2.75, 3.05) is 20.0 Å². The van der Waals surface area contributed by atoms with Crippen LogP contribution in [-0.2, 0) is 6.42 Å². The van der Waals surface area contributed by atoms with Gasteiger partial charge in [0.25, 0.3) is 0 Å². The Labute approximate surface area is 114 Å². The summed E-state index contributed by atoms with van der Waals surface area (Å²) in [6.07, 6.45) is 0.775. The molecule has 0 fully saturated rings. The van der Waals surface area contributed by atoms with E-state index in [1.807, 2.05) is 37.3 Å². The molecule has 19 heavy (non-hydrogen) atoms.